The van der Waals surface area contributed by atoms with Gasteiger partial charge in [0.15, 0.2) is 0 Å². The summed E-state index contributed by atoms with van der Waals surface area (Å²) in [5, 5.41) is 9.06. The molecule has 1 N–H and O–H groups in total. The lowest BCUT2D eigenvalue weighted by atomic mass is 9.87. The molecule has 108 valence electrons. The molecule has 1 aromatic carbocycles. The van der Waals surface area contributed by atoms with E-state index >= 15 is 0 Å². The molecule has 0 aliphatic carbocycles. The Bertz CT molecular complexity index is 529. The van der Waals surface area contributed by atoms with Crippen LogP contribution in [0.4, 0.5) is 4.39 Å². The fourth-order valence-electron chi connectivity index (χ4n) is 2.56. The lowest BCUT2D eigenvalue weighted by Crippen LogP contribution is -2.45. The van der Waals surface area contributed by atoms with Gasteiger partial charge in [0.25, 0.3) is 5.91 Å². The average molecular weight is 344 g/mol. The molecule has 6 heteroatoms. The fraction of sp³-hybridized carbons (Fsp3) is 0.429. The summed E-state index contributed by atoms with van der Waals surface area (Å²) in [6.07, 6.45) is 0.429. The first kappa shape index (κ1) is 15.0. The van der Waals surface area contributed by atoms with Crippen LogP contribution in [-0.2, 0) is 4.79 Å². The Morgan fingerprint density at radius 3 is 2.65 bits per heavy atom. The summed E-state index contributed by atoms with van der Waals surface area (Å²) in [6.45, 7) is 2.58. The van der Waals surface area contributed by atoms with E-state index in [-0.39, 0.29) is 17.4 Å². The summed E-state index contributed by atoms with van der Waals surface area (Å²) < 4.78 is 13.8. The Labute approximate surface area is 124 Å². The largest absolute Gasteiger partial charge is 0.481 e. The molecule has 20 heavy (non-hydrogen) atoms. The molecule has 1 amide bonds. The van der Waals surface area contributed by atoms with Gasteiger partial charge >= 0.3 is 5.97 Å². The standard InChI is InChI=1S/C14H15BrFNO3/c1-8-7-17(3-2-12(8)14(19)20)13(18)9-4-10(15)6-11(16)5-9/h4-6,8,12H,2-3,7H2,1H3,(H,19,20). The molecule has 2 atom stereocenters. The third kappa shape index (κ3) is 3.17. The highest BCUT2D eigenvalue weighted by atomic mass is 79.9. The second-order valence-corrected chi connectivity index (χ2v) is 6.04. The van der Waals surface area contributed by atoms with E-state index in [1.807, 2.05) is 6.92 Å². The van der Waals surface area contributed by atoms with Crippen LogP contribution in [0.25, 0.3) is 0 Å². The molecule has 0 aromatic heterocycles. The molecule has 1 fully saturated rings. The van der Waals surface area contributed by atoms with E-state index in [2.05, 4.69) is 15.9 Å². The van der Waals surface area contributed by atoms with Gasteiger partial charge in [-0.15, -0.1) is 0 Å². The van der Waals surface area contributed by atoms with Gasteiger partial charge in [-0.05, 0) is 30.5 Å². The van der Waals surface area contributed by atoms with Crippen molar-refractivity contribution < 1.29 is 19.1 Å². The number of rotatable bonds is 2. The second kappa shape index (κ2) is 5.91. The number of carbonyl (C=O) groups excluding carboxylic acids is 1. The van der Waals surface area contributed by atoms with Crippen LogP contribution in [0, 0.1) is 17.7 Å². The highest BCUT2D eigenvalue weighted by molar-refractivity contribution is 9.10. The number of piperidine rings is 1. The van der Waals surface area contributed by atoms with Crippen molar-refractivity contribution in [3.05, 3.63) is 34.1 Å². The smallest absolute Gasteiger partial charge is 0.306 e. The number of likely N-dealkylation sites (tertiary alicyclic amines) is 1. The molecule has 1 aliphatic heterocycles. The molecule has 1 aliphatic rings. The SMILES string of the molecule is CC1CN(C(=O)c2cc(F)cc(Br)c2)CCC1C(=O)O. The first-order valence-electron chi connectivity index (χ1n) is 6.36. The number of amides is 1. The Morgan fingerprint density at radius 2 is 2.10 bits per heavy atom. The zero-order valence-corrected chi connectivity index (χ0v) is 12.6. The Balaban J connectivity index is 2.13. The van der Waals surface area contributed by atoms with Gasteiger partial charge in [0, 0.05) is 23.1 Å². The van der Waals surface area contributed by atoms with E-state index in [1.54, 1.807) is 11.0 Å². The number of hydrogen-bond acceptors (Lipinski definition) is 2. The number of carboxylic acid groups (broad SMARTS) is 1. The monoisotopic (exact) mass is 343 g/mol. The maximum atomic E-state index is 13.3. The zero-order valence-electron chi connectivity index (χ0n) is 11.0. The summed E-state index contributed by atoms with van der Waals surface area (Å²) in [5.74, 6) is -2.09. The molecule has 0 radical (unpaired) electrons. The molecule has 4 nitrogen and oxygen atoms in total. The minimum atomic E-state index is -0.821. The number of carboxylic acids is 1. The van der Waals surface area contributed by atoms with Gasteiger partial charge in [0.2, 0.25) is 0 Å². The normalized spacial score (nSPS) is 22.6. The van der Waals surface area contributed by atoms with Crippen LogP contribution < -0.4 is 0 Å². The lowest BCUT2D eigenvalue weighted by molar-refractivity contribution is -0.145. The van der Waals surface area contributed by atoms with Crippen molar-refractivity contribution in [2.75, 3.05) is 13.1 Å². The van der Waals surface area contributed by atoms with Crippen molar-refractivity contribution in [3.63, 3.8) is 0 Å². The number of hydrogen-bond donors (Lipinski definition) is 1. The molecule has 0 bridgehead atoms. The number of halogens is 2. The highest BCUT2D eigenvalue weighted by Gasteiger charge is 2.33. The summed E-state index contributed by atoms with van der Waals surface area (Å²) in [5.41, 5.74) is 0.276. The summed E-state index contributed by atoms with van der Waals surface area (Å²) in [6, 6.07) is 4.05. The Morgan fingerprint density at radius 1 is 1.40 bits per heavy atom. The van der Waals surface area contributed by atoms with Crippen LogP contribution in [0.1, 0.15) is 23.7 Å². The molecule has 0 spiro atoms. The Kier molecular flexibility index (Phi) is 4.42. The van der Waals surface area contributed by atoms with Crippen LogP contribution in [0.3, 0.4) is 0 Å². The van der Waals surface area contributed by atoms with Crippen molar-refractivity contribution in [3.8, 4) is 0 Å². The predicted molar refractivity (Wildman–Crippen MR) is 74.9 cm³/mol. The third-order valence-electron chi connectivity index (χ3n) is 3.62. The van der Waals surface area contributed by atoms with Crippen LogP contribution in [0.5, 0.6) is 0 Å². The third-order valence-corrected chi connectivity index (χ3v) is 4.08. The molecule has 1 saturated heterocycles. The lowest BCUT2D eigenvalue weighted by Gasteiger charge is -2.35. The van der Waals surface area contributed by atoms with Gasteiger partial charge in [-0.2, -0.15) is 0 Å². The van der Waals surface area contributed by atoms with E-state index in [0.29, 0.717) is 24.0 Å². The van der Waals surface area contributed by atoms with Crippen LogP contribution in [-0.4, -0.2) is 35.0 Å². The van der Waals surface area contributed by atoms with Gasteiger partial charge in [0.05, 0.1) is 5.92 Å². The van der Waals surface area contributed by atoms with Gasteiger partial charge in [-0.1, -0.05) is 22.9 Å². The Hall–Kier alpha value is -1.43. The highest BCUT2D eigenvalue weighted by Crippen LogP contribution is 2.25. The first-order valence-corrected chi connectivity index (χ1v) is 7.16. The van der Waals surface area contributed by atoms with Gasteiger partial charge in [-0.25, -0.2) is 4.39 Å². The van der Waals surface area contributed by atoms with E-state index in [9.17, 15) is 14.0 Å². The van der Waals surface area contributed by atoms with E-state index in [0.717, 1.165) is 0 Å². The predicted octanol–water partition coefficient (Wildman–Crippen LogP) is 2.77. The van der Waals surface area contributed by atoms with Gasteiger partial charge in [0.1, 0.15) is 5.82 Å². The summed E-state index contributed by atoms with van der Waals surface area (Å²) in [4.78, 5) is 24.9. The average Bonchev–Trinajstić information content (AvgIpc) is 2.36. The molecular weight excluding hydrogens is 329 g/mol. The topological polar surface area (TPSA) is 57.6 Å². The fourth-order valence-corrected chi connectivity index (χ4v) is 3.02. The van der Waals surface area contributed by atoms with Crippen LogP contribution in [0.15, 0.2) is 22.7 Å². The van der Waals surface area contributed by atoms with Crippen molar-refractivity contribution in [1.29, 1.82) is 0 Å². The van der Waals surface area contributed by atoms with Crippen LogP contribution in [0.2, 0.25) is 0 Å². The van der Waals surface area contributed by atoms with Crippen LogP contribution >= 0.6 is 15.9 Å². The first-order chi connectivity index (χ1) is 9.38. The minimum Gasteiger partial charge on any atom is -0.481 e. The number of nitrogens with zero attached hydrogens (tertiary/aromatic N) is 1. The van der Waals surface area contributed by atoms with E-state index in [4.69, 9.17) is 5.11 Å². The molecular formula is C14H15BrFNO3. The summed E-state index contributed by atoms with van der Waals surface area (Å²) >= 11 is 3.16. The van der Waals surface area contributed by atoms with Crippen molar-refractivity contribution >= 4 is 27.8 Å². The van der Waals surface area contributed by atoms with E-state index in [1.165, 1.54) is 12.1 Å². The van der Waals surface area contributed by atoms with Crippen molar-refractivity contribution in [2.24, 2.45) is 11.8 Å². The molecule has 1 aromatic rings. The van der Waals surface area contributed by atoms with Crippen molar-refractivity contribution in [2.45, 2.75) is 13.3 Å². The molecule has 0 saturated carbocycles. The second-order valence-electron chi connectivity index (χ2n) is 5.12. The number of benzene rings is 1. The quantitative estimate of drug-likeness (QED) is 0.898. The molecule has 2 unspecified atom stereocenters. The zero-order chi connectivity index (χ0) is 14.9. The number of carbonyl (C=O) groups is 2. The summed E-state index contributed by atoms with van der Waals surface area (Å²) in [7, 11) is 0. The van der Waals surface area contributed by atoms with Crippen molar-refractivity contribution in [1.82, 2.24) is 4.90 Å². The molecule has 1 heterocycles. The maximum Gasteiger partial charge on any atom is 0.306 e. The maximum absolute atomic E-state index is 13.3. The number of aliphatic carboxylic acids is 1. The van der Waals surface area contributed by atoms with Gasteiger partial charge in [-0.3, -0.25) is 9.59 Å². The van der Waals surface area contributed by atoms with E-state index < -0.39 is 17.7 Å². The minimum absolute atomic E-state index is 0.109. The molecule has 2 rings (SSSR count). The van der Waals surface area contributed by atoms with Gasteiger partial charge < -0.3 is 10.0 Å².